The van der Waals surface area contributed by atoms with Crippen LogP contribution in [0.2, 0.25) is 0 Å². The van der Waals surface area contributed by atoms with Gasteiger partial charge in [0.25, 0.3) is 0 Å². The zero-order chi connectivity index (χ0) is 12.5. The summed E-state index contributed by atoms with van der Waals surface area (Å²) in [5.41, 5.74) is 1.12. The maximum atomic E-state index is 10.9. The number of rotatable bonds is 7. The molecule has 0 aliphatic rings. The van der Waals surface area contributed by atoms with Crippen molar-refractivity contribution in [3.05, 3.63) is 42.0 Å². The Bertz CT molecular complexity index is 360. The second-order valence-electron chi connectivity index (χ2n) is 3.90. The molecule has 0 spiro atoms. The van der Waals surface area contributed by atoms with E-state index in [4.69, 9.17) is 5.11 Å². The molecule has 0 heterocycles. The van der Waals surface area contributed by atoms with Gasteiger partial charge in [0.1, 0.15) is 6.04 Å². The minimum atomic E-state index is -0.778. The molecule has 0 saturated carbocycles. The predicted octanol–water partition coefficient (Wildman–Crippen LogP) is 2.54. The van der Waals surface area contributed by atoms with Crippen LogP contribution in [0.3, 0.4) is 0 Å². The largest absolute Gasteiger partial charge is 0.480 e. The molecular weight excluding hydrogens is 214 g/mol. The summed E-state index contributed by atoms with van der Waals surface area (Å²) < 4.78 is 0. The van der Waals surface area contributed by atoms with Crippen LogP contribution >= 0.6 is 0 Å². The second kappa shape index (κ2) is 7.63. The maximum Gasteiger partial charge on any atom is 0.320 e. The Morgan fingerprint density at radius 2 is 2.12 bits per heavy atom. The first-order valence-corrected chi connectivity index (χ1v) is 5.91. The van der Waals surface area contributed by atoms with Gasteiger partial charge in [-0.15, -0.1) is 0 Å². The number of hydrogen-bond acceptors (Lipinski definition) is 2. The quantitative estimate of drug-likeness (QED) is 0.761. The Hall–Kier alpha value is -1.61. The molecule has 17 heavy (non-hydrogen) atoms. The highest BCUT2D eigenvalue weighted by Crippen LogP contribution is 2.01. The van der Waals surface area contributed by atoms with Gasteiger partial charge in [-0.3, -0.25) is 4.79 Å². The zero-order valence-electron chi connectivity index (χ0n) is 10.1. The molecule has 0 bridgehead atoms. The van der Waals surface area contributed by atoms with Gasteiger partial charge in [0.2, 0.25) is 0 Å². The van der Waals surface area contributed by atoms with Gasteiger partial charge < -0.3 is 10.4 Å². The van der Waals surface area contributed by atoms with Gasteiger partial charge in [-0.2, -0.15) is 0 Å². The number of benzene rings is 1. The van der Waals surface area contributed by atoms with E-state index < -0.39 is 12.0 Å². The van der Waals surface area contributed by atoms with Gasteiger partial charge in [-0.25, -0.2) is 0 Å². The molecule has 3 nitrogen and oxygen atoms in total. The Labute approximate surface area is 102 Å². The molecule has 1 unspecified atom stereocenters. The highest BCUT2D eigenvalue weighted by Gasteiger charge is 2.13. The second-order valence-corrected chi connectivity index (χ2v) is 3.90. The van der Waals surface area contributed by atoms with Crippen LogP contribution in [0.5, 0.6) is 0 Å². The third-order valence-electron chi connectivity index (χ3n) is 2.47. The van der Waals surface area contributed by atoms with Crippen LogP contribution in [-0.2, 0) is 4.79 Å². The first kappa shape index (κ1) is 13.5. The van der Waals surface area contributed by atoms with E-state index in [2.05, 4.69) is 5.32 Å². The van der Waals surface area contributed by atoms with E-state index in [0.717, 1.165) is 12.0 Å². The number of hydrogen-bond donors (Lipinski definition) is 2. The molecule has 0 aliphatic carbocycles. The normalized spacial score (nSPS) is 12.8. The Kier molecular flexibility index (Phi) is 6.04. The Morgan fingerprint density at radius 3 is 2.71 bits per heavy atom. The molecule has 92 valence electrons. The summed E-state index contributed by atoms with van der Waals surface area (Å²) in [6, 6.07) is 9.50. The summed E-state index contributed by atoms with van der Waals surface area (Å²) in [4.78, 5) is 10.9. The van der Waals surface area contributed by atoms with Crippen LogP contribution < -0.4 is 5.32 Å². The van der Waals surface area contributed by atoms with Crippen molar-refractivity contribution in [1.29, 1.82) is 0 Å². The van der Waals surface area contributed by atoms with E-state index in [0.29, 0.717) is 13.0 Å². The van der Waals surface area contributed by atoms with E-state index >= 15 is 0 Å². The molecule has 1 rings (SSSR count). The molecule has 0 fully saturated rings. The van der Waals surface area contributed by atoms with Crippen LogP contribution in [0.15, 0.2) is 36.4 Å². The lowest BCUT2D eigenvalue weighted by atomic mass is 10.1. The fourth-order valence-corrected chi connectivity index (χ4v) is 1.57. The number of carboxylic acid groups (broad SMARTS) is 1. The lowest BCUT2D eigenvalue weighted by molar-refractivity contribution is -0.139. The molecule has 1 atom stereocenters. The molecule has 3 heteroatoms. The lowest BCUT2D eigenvalue weighted by Gasteiger charge is -2.11. The Morgan fingerprint density at radius 1 is 1.41 bits per heavy atom. The molecule has 0 aliphatic heterocycles. The van der Waals surface area contributed by atoms with Crippen LogP contribution in [-0.4, -0.2) is 23.7 Å². The first-order valence-electron chi connectivity index (χ1n) is 5.91. The standard InChI is InChI=1S/C14H19NO2/c1-2-7-13(14(16)17)15-11-6-10-12-8-4-3-5-9-12/h3-6,8-10,13,15H,2,7,11H2,1H3,(H,16,17)/b10-6+. The van der Waals surface area contributed by atoms with Crippen molar-refractivity contribution < 1.29 is 9.90 Å². The van der Waals surface area contributed by atoms with E-state index in [1.54, 1.807) is 0 Å². The monoisotopic (exact) mass is 233 g/mol. The maximum absolute atomic E-state index is 10.9. The molecule has 2 N–H and O–H groups in total. The number of carboxylic acids is 1. The van der Waals surface area contributed by atoms with Crippen molar-refractivity contribution in [2.45, 2.75) is 25.8 Å². The molecular formula is C14H19NO2. The number of carbonyl (C=O) groups is 1. The number of nitrogens with one attached hydrogen (secondary N) is 1. The van der Waals surface area contributed by atoms with E-state index in [9.17, 15) is 4.79 Å². The predicted molar refractivity (Wildman–Crippen MR) is 69.8 cm³/mol. The third kappa shape index (κ3) is 5.31. The van der Waals surface area contributed by atoms with Gasteiger partial charge in [-0.1, -0.05) is 55.8 Å². The minimum absolute atomic E-state index is 0.444. The van der Waals surface area contributed by atoms with Crippen LogP contribution in [0, 0.1) is 0 Å². The van der Waals surface area contributed by atoms with Crippen molar-refractivity contribution in [3.8, 4) is 0 Å². The number of aliphatic carboxylic acids is 1. The molecule has 1 aromatic carbocycles. The highest BCUT2D eigenvalue weighted by atomic mass is 16.4. The average molecular weight is 233 g/mol. The van der Waals surface area contributed by atoms with Crippen LogP contribution in [0.1, 0.15) is 25.3 Å². The smallest absolute Gasteiger partial charge is 0.320 e. The minimum Gasteiger partial charge on any atom is -0.480 e. The van der Waals surface area contributed by atoms with Crippen molar-refractivity contribution in [2.24, 2.45) is 0 Å². The zero-order valence-corrected chi connectivity index (χ0v) is 10.1. The summed E-state index contributed by atoms with van der Waals surface area (Å²) in [6.07, 6.45) is 5.46. The van der Waals surface area contributed by atoms with Crippen molar-refractivity contribution in [2.75, 3.05) is 6.54 Å². The Balaban J connectivity index is 2.36. The van der Waals surface area contributed by atoms with Crippen LogP contribution in [0.25, 0.3) is 6.08 Å². The fourth-order valence-electron chi connectivity index (χ4n) is 1.57. The first-order chi connectivity index (χ1) is 8.24. The third-order valence-corrected chi connectivity index (χ3v) is 2.47. The van der Waals surface area contributed by atoms with Crippen molar-refractivity contribution in [3.63, 3.8) is 0 Å². The molecule has 0 amide bonds. The van der Waals surface area contributed by atoms with Crippen molar-refractivity contribution >= 4 is 12.0 Å². The van der Waals surface area contributed by atoms with Crippen molar-refractivity contribution in [1.82, 2.24) is 5.32 Å². The summed E-state index contributed by atoms with van der Waals surface area (Å²) in [5, 5.41) is 11.9. The fraction of sp³-hybridized carbons (Fsp3) is 0.357. The lowest BCUT2D eigenvalue weighted by Crippen LogP contribution is -2.36. The van der Waals surface area contributed by atoms with Crippen LogP contribution in [0.4, 0.5) is 0 Å². The highest BCUT2D eigenvalue weighted by molar-refractivity contribution is 5.73. The van der Waals surface area contributed by atoms with Gasteiger partial charge >= 0.3 is 5.97 Å². The molecule has 0 radical (unpaired) electrons. The van der Waals surface area contributed by atoms with Gasteiger partial charge in [0, 0.05) is 6.54 Å². The van der Waals surface area contributed by atoms with E-state index in [1.165, 1.54) is 0 Å². The summed E-state index contributed by atoms with van der Waals surface area (Å²) in [7, 11) is 0. The molecule has 1 aromatic rings. The summed E-state index contributed by atoms with van der Waals surface area (Å²) in [6.45, 7) is 2.56. The van der Waals surface area contributed by atoms with Gasteiger partial charge in [-0.05, 0) is 12.0 Å². The van der Waals surface area contributed by atoms with E-state index in [-0.39, 0.29) is 0 Å². The molecule has 0 saturated heterocycles. The average Bonchev–Trinajstić information content (AvgIpc) is 2.34. The summed E-state index contributed by atoms with van der Waals surface area (Å²) >= 11 is 0. The van der Waals surface area contributed by atoms with Gasteiger partial charge in [0.05, 0.1) is 0 Å². The SMILES string of the molecule is CCCC(NC/C=C/c1ccccc1)C(=O)O. The van der Waals surface area contributed by atoms with E-state index in [1.807, 2.05) is 49.4 Å². The summed E-state index contributed by atoms with van der Waals surface area (Å²) in [5.74, 6) is -0.778. The topological polar surface area (TPSA) is 49.3 Å². The van der Waals surface area contributed by atoms with Gasteiger partial charge in [0.15, 0.2) is 0 Å². The molecule has 0 aromatic heterocycles.